The molecule has 0 amide bonds. The zero-order chi connectivity index (χ0) is 17.9. The minimum Gasteiger partial charge on any atom is -0.454 e. The van der Waals surface area contributed by atoms with Crippen LogP contribution in [0.2, 0.25) is 0 Å². The number of hydrogen-bond donors (Lipinski definition) is 0. The number of rotatable bonds is 5. The lowest BCUT2D eigenvalue weighted by molar-refractivity contribution is 0.122. The van der Waals surface area contributed by atoms with Gasteiger partial charge in [-0.15, -0.1) is 0 Å². The molecular formula is C21H27N3O2. The lowest BCUT2D eigenvalue weighted by atomic mass is 10.1. The second kappa shape index (κ2) is 7.56. The third-order valence-corrected chi connectivity index (χ3v) is 5.17. The van der Waals surface area contributed by atoms with Crippen LogP contribution in [0.5, 0.6) is 11.5 Å². The van der Waals surface area contributed by atoms with Crippen molar-refractivity contribution in [3.05, 3.63) is 53.6 Å². The largest absolute Gasteiger partial charge is 0.454 e. The Bertz CT molecular complexity index is 737. The summed E-state index contributed by atoms with van der Waals surface area (Å²) in [6.07, 6.45) is 0. The minimum absolute atomic E-state index is 0.340. The van der Waals surface area contributed by atoms with Gasteiger partial charge in [0.15, 0.2) is 11.5 Å². The number of hydrogen-bond acceptors (Lipinski definition) is 5. The van der Waals surface area contributed by atoms with Crippen molar-refractivity contribution in [1.29, 1.82) is 0 Å². The Morgan fingerprint density at radius 3 is 2.00 bits per heavy atom. The van der Waals surface area contributed by atoms with Crippen LogP contribution in [-0.2, 0) is 13.1 Å². The summed E-state index contributed by atoms with van der Waals surface area (Å²) in [5.41, 5.74) is 3.93. The van der Waals surface area contributed by atoms with Gasteiger partial charge in [0.05, 0.1) is 0 Å². The lowest BCUT2D eigenvalue weighted by Gasteiger charge is -2.34. The minimum atomic E-state index is 0.340. The molecule has 5 nitrogen and oxygen atoms in total. The number of ether oxygens (including phenoxy) is 2. The summed E-state index contributed by atoms with van der Waals surface area (Å²) in [7, 11) is 4.16. The lowest BCUT2D eigenvalue weighted by Crippen LogP contribution is -2.45. The monoisotopic (exact) mass is 353 g/mol. The van der Waals surface area contributed by atoms with Crippen LogP contribution in [0.25, 0.3) is 0 Å². The van der Waals surface area contributed by atoms with Gasteiger partial charge in [-0.2, -0.15) is 0 Å². The van der Waals surface area contributed by atoms with E-state index in [-0.39, 0.29) is 0 Å². The number of nitrogens with zero attached hydrogens (tertiary/aromatic N) is 3. The molecule has 0 aliphatic carbocycles. The molecule has 2 aromatic carbocycles. The Labute approximate surface area is 155 Å². The maximum atomic E-state index is 5.48. The molecule has 0 bridgehead atoms. The maximum absolute atomic E-state index is 5.48. The molecule has 0 saturated carbocycles. The van der Waals surface area contributed by atoms with Crippen LogP contribution in [0.4, 0.5) is 5.69 Å². The molecule has 2 heterocycles. The van der Waals surface area contributed by atoms with Gasteiger partial charge in [0.2, 0.25) is 6.79 Å². The fraction of sp³-hybridized carbons (Fsp3) is 0.429. The van der Waals surface area contributed by atoms with Gasteiger partial charge in [-0.25, -0.2) is 0 Å². The second-order valence-electron chi connectivity index (χ2n) is 7.30. The van der Waals surface area contributed by atoms with E-state index in [1.807, 2.05) is 6.07 Å². The molecule has 0 spiro atoms. The zero-order valence-corrected chi connectivity index (χ0v) is 15.6. The SMILES string of the molecule is CN(C)c1ccc(CN2CCN(Cc3ccc4c(c3)OCO4)CC2)cc1. The summed E-state index contributed by atoms with van der Waals surface area (Å²) in [4.78, 5) is 7.20. The smallest absolute Gasteiger partial charge is 0.231 e. The first-order chi connectivity index (χ1) is 12.7. The summed E-state index contributed by atoms with van der Waals surface area (Å²) < 4.78 is 10.9. The van der Waals surface area contributed by atoms with E-state index in [9.17, 15) is 0 Å². The molecule has 4 rings (SSSR count). The van der Waals surface area contributed by atoms with Crippen LogP contribution < -0.4 is 14.4 Å². The topological polar surface area (TPSA) is 28.2 Å². The molecule has 0 unspecified atom stereocenters. The highest BCUT2D eigenvalue weighted by Gasteiger charge is 2.19. The Balaban J connectivity index is 1.27. The highest BCUT2D eigenvalue weighted by atomic mass is 16.7. The van der Waals surface area contributed by atoms with Gasteiger partial charge in [-0.1, -0.05) is 18.2 Å². The Kier molecular flexibility index (Phi) is 5.00. The second-order valence-corrected chi connectivity index (χ2v) is 7.30. The standard InChI is InChI=1S/C21H27N3O2/c1-22(2)19-6-3-17(4-7-19)14-23-9-11-24(12-10-23)15-18-5-8-20-21(13-18)26-16-25-20/h3-8,13H,9-12,14-16H2,1-2H3. The van der Waals surface area contributed by atoms with Crippen molar-refractivity contribution in [1.82, 2.24) is 9.80 Å². The fourth-order valence-corrected chi connectivity index (χ4v) is 3.56. The van der Waals surface area contributed by atoms with Crippen molar-refractivity contribution >= 4 is 5.69 Å². The number of piperazine rings is 1. The van der Waals surface area contributed by atoms with E-state index in [0.29, 0.717) is 6.79 Å². The molecule has 1 fully saturated rings. The van der Waals surface area contributed by atoms with Gasteiger partial charge in [-0.05, 0) is 35.4 Å². The van der Waals surface area contributed by atoms with Gasteiger partial charge in [0.1, 0.15) is 0 Å². The first-order valence-electron chi connectivity index (χ1n) is 9.27. The van der Waals surface area contributed by atoms with Gasteiger partial charge >= 0.3 is 0 Å². The molecule has 0 aromatic heterocycles. The quantitative estimate of drug-likeness (QED) is 0.824. The van der Waals surface area contributed by atoms with Crippen molar-refractivity contribution in [2.45, 2.75) is 13.1 Å². The summed E-state index contributed by atoms with van der Waals surface area (Å²) >= 11 is 0. The predicted molar refractivity (Wildman–Crippen MR) is 104 cm³/mol. The number of anilines is 1. The van der Waals surface area contributed by atoms with E-state index >= 15 is 0 Å². The fourth-order valence-electron chi connectivity index (χ4n) is 3.56. The molecule has 2 aliphatic rings. The maximum Gasteiger partial charge on any atom is 0.231 e. The van der Waals surface area contributed by atoms with Crippen molar-refractivity contribution in [3.8, 4) is 11.5 Å². The van der Waals surface area contributed by atoms with E-state index in [2.05, 4.69) is 65.2 Å². The Morgan fingerprint density at radius 2 is 1.35 bits per heavy atom. The van der Waals surface area contributed by atoms with Gasteiger partial charge in [-0.3, -0.25) is 9.80 Å². The molecular weight excluding hydrogens is 326 g/mol. The first kappa shape index (κ1) is 17.2. The Morgan fingerprint density at radius 1 is 0.769 bits per heavy atom. The van der Waals surface area contributed by atoms with Gasteiger partial charge in [0, 0.05) is 59.1 Å². The van der Waals surface area contributed by atoms with Crippen LogP contribution in [-0.4, -0.2) is 56.9 Å². The third kappa shape index (κ3) is 3.94. The van der Waals surface area contributed by atoms with Crippen molar-refractivity contribution < 1.29 is 9.47 Å². The average Bonchev–Trinajstić information content (AvgIpc) is 3.12. The number of benzene rings is 2. The van der Waals surface area contributed by atoms with Crippen LogP contribution in [0.1, 0.15) is 11.1 Å². The van der Waals surface area contributed by atoms with Crippen LogP contribution in [0, 0.1) is 0 Å². The van der Waals surface area contributed by atoms with E-state index in [0.717, 1.165) is 50.8 Å². The van der Waals surface area contributed by atoms with E-state index < -0.39 is 0 Å². The van der Waals surface area contributed by atoms with Crippen LogP contribution >= 0.6 is 0 Å². The molecule has 0 N–H and O–H groups in total. The predicted octanol–water partition coefficient (Wildman–Crippen LogP) is 2.80. The summed E-state index contributed by atoms with van der Waals surface area (Å²) in [5, 5.41) is 0. The first-order valence-corrected chi connectivity index (χ1v) is 9.27. The molecule has 0 atom stereocenters. The van der Waals surface area contributed by atoms with Crippen LogP contribution in [0.15, 0.2) is 42.5 Å². The summed E-state index contributed by atoms with van der Waals surface area (Å²) in [6, 6.07) is 15.2. The van der Waals surface area contributed by atoms with E-state index in [1.54, 1.807) is 0 Å². The average molecular weight is 353 g/mol. The highest BCUT2D eigenvalue weighted by molar-refractivity contribution is 5.46. The molecule has 26 heavy (non-hydrogen) atoms. The highest BCUT2D eigenvalue weighted by Crippen LogP contribution is 2.32. The molecule has 138 valence electrons. The number of fused-ring (bicyclic) bond motifs is 1. The summed E-state index contributed by atoms with van der Waals surface area (Å²) in [6.45, 7) is 6.77. The van der Waals surface area contributed by atoms with E-state index in [1.165, 1.54) is 16.8 Å². The molecule has 2 aliphatic heterocycles. The molecule has 5 heteroatoms. The summed E-state index contributed by atoms with van der Waals surface area (Å²) in [5.74, 6) is 1.74. The zero-order valence-electron chi connectivity index (χ0n) is 15.6. The Hall–Kier alpha value is -2.24. The normalized spacial score (nSPS) is 17.5. The molecule has 2 aromatic rings. The third-order valence-electron chi connectivity index (χ3n) is 5.17. The van der Waals surface area contributed by atoms with Crippen LogP contribution in [0.3, 0.4) is 0 Å². The van der Waals surface area contributed by atoms with Gasteiger partial charge in [0.25, 0.3) is 0 Å². The van der Waals surface area contributed by atoms with Crippen molar-refractivity contribution in [2.75, 3.05) is 52.0 Å². The van der Waals surface area contributed by atoms with Crippen molar-refractivity contribution in [3.63, 3.8) is 0 Å². The molecule has 1 saturated heterocycles. The van der Waals surface area contributed by atoms with E-state index in [4.69, 9.17) is 9.47 Å². The van der Waals surface area contributed by atoms with Crippen molar-refractivity contribution in [2.24, 2.45) is 0 Å². The molecule has 0 radical (unpaired) electrons. The van der Waals surface area contributed by atoms with Gasteiger partial charge < -0.3 is 14.4 Å².